The third-order valence-electron chi connectivity index (χ3n) is 3.66. The SMILES string of the molecule is Cc1cccn2c(C(C)CN)c(-c3ccncc3)nc12. The molecule has 20 heavy (non-hydrogen) atoms. The fourth-order valence-electron chi connectivity index (χ4n) is 2.53. The number of hydrogen-bond acceptors (Lipinski definition) is 3. The van der Waals surface area contributed by atoms with Crippen molar-refractivity contribution in [2.45, 2.75) is 19.8 Å². The summed E-state index contributed by atoms with van der Waals surface area (Å²) in [5, 5.41) is 0. The molecule has 0 aliphatic rings. The molecule has 0 bridgehead atoms. The predicted molar refractivity (Wildman–Crippen MR) is 80.6 cm³/mol. The van der Waals surface area contributed by atoms with E-state index in [0.717, 1.165) is 22.6 Å². The first-order valence-electron chi connectivity index (χ1n) is 6.80. The number of aryl methyl sites for hydroxylation is 1. The van der Waals surface area contributed by atoms with Gasteiger partial charge in [0.05, 0.1) is 11.4 Å². The van der Waals surface area contributed by atoms with Crippen molar-refractivity contribution in [1.29, 1.82) is 0 Å². The van der Waals surface area contributed by atoms with E-state index in [1.807, 2.05) is 18.2 Å². The Hall–Kier alpha value is -2.20. The van der Waals surface area contributed by atoms with Gasteiger partial charge in [-0.2, -0.15) is 0 Å². The van der Waals surface area contributed by atoms with E-state index >= 15 is 0 Å². The second-order valence-corrected chi connectivity index (χ2v) is 5.10. The van der Waals surface area contributed by atoms with Crippen LogP contribution in [0.2, 0.25) is 0 Å². The largest absolute Gasteiger partial charge is 0.330 e. The van der Waals surface area contributed by atoms with Crippen molar-refractivity contribution in [3.8, 4) is 11.3 Å². The molecular weight excluding hydrogens is 248 g/mol. The van der Waals surface area contributed by atoms with E-state index in [0.29, 0.717) is 6.54 Å². The summed E-state index contributed by atoms with van der Waals surface area (Å²) in [7, 11) is 0. The minimum absolute atomic E-state index is 0.245. The summed E-state index contributed by atoms with van der Waals surface area (Å²) in [4.78, 5) is 8.91. The quantitative estimate of drug-likeness (QED) is 0.793. The molecule has 3 aromatic heterocycles. The Balaban J connectivity index is 2.33. The van der Waals surface area contributed by atoms with Gasteiger partial charge in [-0.25, -0.2) is 4.98 Å². The maximum Gasteiger partial charge on any atom is 0.140 e. The van der Waals surface area contributed by atoms with Crippen LogP contribution in [-0.4, -0.2) is 20.9 Å². The van der Waals surface area contributed by atoms with Crippen LogP contribution in [0.3, 0.4) is 0 Å². The highest BCUT2D eigenvalue weighted by Gasteiger charge is 2.19. The second kappa shape index (κ2) is 5.06. The van der Waals surface area contributed by atoms with Gasteiger partial charge in [-0.15, -0.1) is 0 Å². The Labute approximate surface area is 118 Å². The van der Waals surface area contributed by atoms with E-state index in [-0.39, 0.29) is 5.92 Å². The van der Waals surface area contributed by atoms with Crippen LogP contribution in [0.4, 0.5) is 0 Å². The predicted octanol–water partition coefficient (Wildman–Crippen LogP) is 2.77. The average Bonchev–Trinajstić information content (AvgIpc) is 2.88. The molecule has 0 saturated heterocycles. The lowest BCUT2D eigenvalue weighted by atomic mass is 10.0. The number of fused-ring (bicyclic) bond motifs is 1. The monoisotopic (exact) mass is 266 g/mol. The average molecular weight is 266 g/mol. The van der Waals surface area contributed by atoms with E-state index in [4.69, 9.17) is 10.7 Å². The second-order valence-electron chi connectivity index (χ2n) is 5.10. The molecule has 4 nitrogen and oxygen atoms in total. The van der Waals surface area contributed by atoms with Crippen molar-refractivity contribution in [2.75, 3.05) is 6.54 Å². The number of imidazole rings is 1. The van der Waals surface area contributed by atoms with Crippen molar-refractivity contribution < 1.29 is 0 Å². The molecule has 0 spiro atoms. The molecule has 1 atom stereocenters. The highest BCUT2D eigenvalue weighted by molar-refractivity contribution is 5.68. The summed E-state index contributed by atoms with van der Waals surface area (Å²) in [6, 6.07) is 8.11. The number of rotatable bonds is 3. The normalized spacial score (nSPS) is 12.8. The third kappa shape index (κ3) is 1.98. The topological polar surface area (TPSA) is 56.2 Å². The molecule has 3 rings (SSSR count). The van der Waals surface area contributed by atoms with Crippen molar-refractivity contribution in [3.05, 3.63) is 54.1 Å². The summed E-state index contributed by atoms with van der Waals surface area (Å²) in [6.45, 7) is 4.81. The van der Waals surface area contributed by atoms with Gasteiger partial charge in [-0.3, -0.25) is 4.98 Å². The molecule has 2 N–H and O–H groups in total. The lowest BCUT2D eigenvalue weighted by molar-refractivity contribution is 0.738. The van der Waals surface area contributed by atoms with Crippen LogP contribution >= 0.6 is 0 Å². The number of nitrogens with two attached hydrogens (primary N) is 1. The summed E-state index contributed by atoms with van der Waals surface area (Å²) in [5.74, 6) is 0.245. The Morgan fingerprint density at radius 3 is 2.70 bits per heavy atom. The molecule has 4 heteroatoms. The number of aromatic nitrogens is 3. The first-order chi connectivity index (χ1) is 9.72. The van der Waals surface area contributed by atoms with Gasteiger partial charge >= 0.3 is 0 Å². The Bertz CT molecular complexity index is 731. The van der Waals surface area contributed by atoms with Crippen molar-refractivity contribution >= 4 is 5.65 Å². The van der Waals surface area contributed by atoms with Crippen LogP contribution in [-0.2, 0) is 0 Å². The van der Waals surface area contributed by atoms with Gasteiger partial charge < -0.3 is 10.1 Å². The molecule has 0 aliphatic heterocycles. The smallest absolute Gasteiger partial charge is 0.140 e. The van der Waals surface area contributed by atoms with Crippen LogP contribution in [0, 0.1) is 6.92 Å². The molecule has 0 saturated carbocycles. The van der Waals surface area contributed by atoms with Crippen molar-refractivity contribution in [3.63, 3.8) is 0 Å². The molecule has 0 aliphatic carbocycles. The highest BCUT2D eigenvalue weighted by atomic mass is 15.0. The number of pyridine rings is 2. The third-order valence-corrected chi connectivity index (χ3v) is 3.66. The zero-order chi connectivity index (χ0) is 14.1. The minimum Gasteiger partial charge on any atom is -0.330 e. The molecule has 1 unspecified atom stereocenters. The van der Waals surface area contributed by atoms with Crippen LogP contribution in [0.5, 0.6) is 0 Å². The zero-order valence-electron chi connectivity index (χ0n) is 11.7. The van der Waals surface area contributed by atoms with Crippen LogP contribution in [0.1, 0.15) is 24.1 Å². The van der Waals surface area contributed by atoms with Gasteiger partial charge in [-0.05, 0) is 30.7 Å². The number of nitrogens with zero attached hydrogens (tertiary/aromatic N) is 3. The fourth-order valence-corrected chi connectivity index (χ4v) is 2.53. The van der Waals surface area contributed by atoms with Crippen LogP contribution in [0.15, 0.2) is 42.9 Å². The van der Waals surface area contributed by atoms with E-state index in [9.17, 15) is 0 Å². The first kappa shape index (κ1) is 12.8. The molecule has 3 aromatic rings. The van der Waals surface area contributed by atoms with E-state index in [2.05, 4.69) is 35.5 Å². The fraction of sp³-hybridized carbons (Fsp3) is 0.250. The minimum atomic E-state index is 0.245. The van der Waals surface area contributed by atoms with Gasteiger partial charge in [-0.1, -0.05) is 13.0 Å². The molecule has 0 fully saturated rings. The summed E-state index contributed by atoms with van der Waals surface area (Å²) >= 11 is 0. The summed E-state index contributed by atoms with van der Waals surface area (Å²) in [6.07, 6.45) is 5.65. The Morgan fingerprint density at radius 1 is 1.25 bits per heavy atom. The standard InChI is InChI=1S/C16H18N4/c1-11-4-3-9-20-15(12(2)10-17)14(19-16(11)20)13-5-7-18-8-6-13/h3-9,12H,10,17H2,1-2H3. The maximum absolute atomic E-state index is 5.89. The highest BCUT2D eigenvalue weighted by Crippen LogP contribution is 2.30. The lowest BCUT2D eigenvalue weighted by Crippen LogP contribution is -2.12. The summed E-state index contributed by atoms with van der Waals surface area (Å²) < 4.78 is 2.16. The maximum atomic E-state index is 5.89. The van der Waals surface area contributed by atoms with Crippen LogP contribution in [0.25, 0.3) is 16.9 Å². The Kier molecular flexibility index (Phi) is 3.24. The van der Waals surface area contributed by atoms with Crippen LogP contribution < -0.4 is 5.73 Å². The van der Waals surface area contributed by atoms with E-state index in [1.54, 1.807) is 12.4 Å². The number of hydrogen-bond donors (Lipinski definition) is 1. The van der Waals surface area contributed by atoms with Gasteiger partial charge in [0.15, 0.2) is 0 Å². The lowest BCUT2D eigenvalue weighted by Gasteiger charge is -2.11. The van der Waals surface area contributed by atoms with Gasteiger partial charge in [0.1, 0.15) is 5.65 Å². The van der Waals surface area contributed by atoms with Gasteiger partial charge in [0, 0.05) is 36.6 Å². The summed E-state index contributed by atoms with van der Waals surface area (Å²) in [5.41, 5.74) is 11.3. The van der Waals surface area contributed by atoms with E-state index in [1.165, 1.54) is 5.56 Å². The van der Waals surface area contributed by atoms with Gasteiger partial charge in [0.2, 0.25) is 0 Å². The Morgan fingerprint density at radius 2 is 2.00 bits per heavy atom. The molecule has 3 heterocycles. The van der Waals surface area contributed by atoms with E-state index < -0.39 is 0 Å². The molecule has 0 aromatic carbocycles. The molecule has 0 amide bonds. The van der Waals surface area contributed by atoms with Crippen molar-refractivity contribution in [2.24, 2.45) is 5.73 Å². The van der Waals surface area contributed by atoms with Crippen molar-refractivity contribution in [1.82, 2.24) is 14.4 Å². The first-order valence-corrected chi connectivity index (χ1v) is 6.80. The molecular formula is C16H18N4. The van der Waals surface area contributed by atoms with Gasteiger partial charge in [0.25, 0.3) is 0 Å². The molecule has 0 radical (unpaired) electrons. The molecule has 102 valence electrons. The zero-order valence-corrected chi connectivity index (χ0v) is 11.7.